The highest BCUT2D eigenvalue weighted by molar-refractivity contribution is 5.90. The molecule has 1 rings (SSSR count). The van der Waals surface area contributed by atoms with Crippen molar-refractivity contribution in [3.63, 3.8) is 0 Å². The molecule has 1 aliphatic rings. The zero-order valence-electron chi connectivity index (χ0n) is 11.7. The Labute approximate surface area is 109 Å². The second kappa shape index (κ2) is 6.73. The van der Waals surface area contributed by atoms with E-state index in [0.717, 1.165) is 25.8 Å². The number of likely N-dealkylation sites (N-methyl/N-ethyl adjacent to an activating group) is 1. The van der Waals surface area contributed by atoms with Crippen LogP contribution in [-0.2, 0) is 9.59 Å². The van der Waals surface area contributed by atoms with Crippen LogP contribution in [-0.4, -0.2) is 48.4 Å². The number of nitrogens with zero attached hydrogens (tertiary/aromatic N) is 1. The molecular formula is C13H25N3O2. The third-order valence-electron chi connectivity index (χ3n) is 3.64. The van der Waals surface area contributed by atoms with E-state index in [9.17, 15) is 9.59 Å². The SMILES string of the molecule is CCN(CC)C(=O)CNC(=O)C1(C)CCCCN1. The predicted octanol–water partition coefficient (Wildman–Crippen LogP) is 0.503. The molecule has 1 aliphatic heterocycles. The van der Waals surface area contributed by atoms with E-state index < -0.39 is 5.54 Å². The number of piperidine rings is 1. The van der Waals surface area contributed by atoms with Gasteiger partial charge in [-0.2, -0.15) is 0 Å². The lowest BCUT2D eigenvalue weighted by Gasteiger charge is -2.33. The van der Waals surface area contributed by atoms with E-state index in [0.29, 0.717) is 13.1 Å². The standard InChI is InChI=1S/C13H25N3O2/c1-4-16(5-2)11(17)10-14-12(18)13(3)8-6-7-9-15-13/h15H,4-10H2,1-3H3,(H,14,18). The van der Waals surface area contributed by atoms with Gasteiger partial charge in [-0.1, -0.05) is 0 Å². The normalized spacial score (nSPS) is 23.5. The molecular weight excluding hydrogens is 230 g/mol. The summed E-state index contributed by atoms with van der Waals surface area (Å²) in [4.78, 5) is 25.6. The fraction of sp³-hybridized carbons (Fsp3) is 0.846. The second-order valence-electron chi connectivity index (χ2n) is 4.96. The molecule has 104 valence electrons. The number of nitrogens with one attached hydrogen (secondary N) is 2. The van der Waals surface area contributed by atoms with Gasteiger partial charge in [0, 0.05) is 13.1 Å². The number of rotatable bonds is 5. The molecule has 0 bridgehead atoms. The largest absolute Gasteiger partial charge is 0.345 e. The fourth-order valence-electron chi connectivity index (χ4n) is 2.29. The predicted molar refractivity (Wildman–Crippen MR) is 71.2 cm³/mol. The monoisotopic (exact) mass is 255 g/mol. The topological polar surface area (TPSA) is 61.4 Å². The van der Waals surface area contributed by atoms with Crippen molar-refractivity contribution < 1.29 is 9.59 Å². The molecule has 0 radical (unpaired) electrons. The van der Waals surface area contributed by atoms with Crippen molar-refractivity contribution in [1.82, 2.24) is 15.5 Å². The van der Waals surface area contributed by atoms with Crippen LogP contribution < -0.4 is 10.6 Å². The number of carbonyl (C=O) groups is 2. The van der Waals surface area contributed by atoms with Gasteiger partial charge in [0.2, 0.25) is 11.8 Å². The quantitative estimate of drug-likeness (QED) is 0.752. The Morgan fingerprint density at radius 2 is 1.94 bits per heavy atom. The van der Waals surface area contributed by atoms with Gasteiger partial charge >= 0.3 is 0 Å². The summed E-state index contributed by atoms with van der Waals surface area (Å²) < 4.78 is 0. The zero-order chi connectivity index (χ0) is 13.6. The average molecular weight is 255 g/mol. The molecule has 0 saturated carbocycles. The first-order valence-corrected chi connectivity index (χ1v) is 6.84. The highest BCUT2D eigenvalue weighted by atomic mass is 16.2. The number of amides is 2. The van der Waals surface area contributed by atoms with Crippen molar-refractivity contribution in [3.05, 3.63) is 0 Å². The third kappa shape index (κ3) is 3.70. The number of hydrogen-bond donors (Lipinski definition) is 2. The molecule has 2 amide bonds. The lowest BCUT2D eigenvalue weighted by molar-refractivity contribution is -0.134. The van der Waals surface area contributed by atoms with Crippen molar-refractivity contribution >= 4 is 11.8 Å². The summed E-state index contributed by atoms with van der Waals surface area (Å²) in [5.74, 6) is -0.0875. The Morgan fingerprint density at radius 1 is 1.28 bits per heavy atom. The summed E-state index contributed by atoms with van der Waals surface area (Å²) in [6, 6.07) is 0. The molecule has 5 nitrogen and oxygen atoms in total. The Morgan fingerprint density at radius 3 is 2.44 bits per heavy atom. The van der Waals surface area contributed by atoms with Gasteiger partial charge in [0.15, 0.2) is 0 Å². The molecule has 5 heteroatoms. The molecule has 1 atom stereocenters. The molecule has 0 spiro atoms. The van der Waals surface area contributed by atoms with Crippen LogP contribution in [0.4, 0.5) is 0 Å². The van der Waals surface area contributed by atoms with E-state index in [-0.39, 0.29) is 18.4 Å². The maximum atomic E-state index is 12.1. The van der Waals surface area contributed by atoms with Gasteiger partial charge in [-0.3, -0.25) is 9.59 Å². The van der Waals surface area contributed by atoms with Gasteiger partial charge in [0.05, 0.1) is 12.1 Å². The Bertz CT molecular complexity index is 295. The van der Waals surface area contributed by atoms with Crippen LogP contribution in [0.15, 0.2) is 0 Å². The molecule has 2 N–H and O–H groups in total. The van der Waals surface area contributed by atoms with Crippen LogP contribution in [0.1, 0.15) is 40.0 Å². The van der Waals surface area contributed by atoms with Gasteiger partial charge in [-0.15, -0.1) is 0 Å². The molecule has 1 heterocycles. The van der Waals surface area contributed by atoms with Crippen molar-refractivity contribution in [2.75, 3.05) is 26.2 Å². The van der Waals surface area contributed by atoms with Crippen molar-refractivity contribution in [1.29, 1.82) is 0 Å². The second-order valence-corrected chi connectivity index (χ2v) is 4.96. The minimum atomic E-state index is -0.512. The minimum absolute atomic E-state index is 0.0206. The maximum Gasteiger partial charge on any atom is 0.241 e. The van der Waals surface area contributed by atoms with Gasteiger partial charge in [-0.05, 0) is 46.6 Å². The van der Waals surface area contributed by atoms with Crippen LogP contribution in [0.25, 0.3) is 0 Å². The lowest BCUT2D eigenvalue weighted by atomic mass is 9.90. The summed E-state index contributed by atoms with van der Waals surface area (Å²) in [6.45, 7) is 8.11. The van der Waals surface area contributed by atoms with Crippen molar-refractivity contribution in [2.45, 2.75) is 45.6 Å². The molecule has 18 heavy (non-hydrogen) atoms. The third-order valence-corrected chi connectivity index (χ3v) is 3.64. The number of carbonyl (C=O) groups excluding carboxylic acids is 2. The van der Waals surface area contributed by atoms with Crippen LogP contribution in [0.5, 0.6) is 0 Å². The van der Waals surface area contributed by atoms with E-state index in [1.807, 2.05) is 20.8 Å². The van der Waals surface area contributed by atoms with E-state index in [1.54, 1.807) is 4.90 Å². The van der Waals surface area contributed by atoms with Crippen molar-refractivity contribution in [2.24, 2.45) is 0 Å². The molecule has 0 aromatic rings. The van der Waals surface area contributed by atoms with E-state index in [2.05, 4.69) is 10.6 Å². The summed E-state index contributed by atoms with van der Waals surface area (Å²) in [6.07, 6.45) is 3.00. The molecule has 0 aliphatic carbocycles. The Kier molecular flexibility index (Phi) is 5.59. The molecule has 1 unspecified atom stereocenters. The molecule has 1 saturated heterocycles. The smallest absolute Gasteiger partial charge is 0.241 e. The first kappa shape index (κ1) is 15.0. The summed E-state index contributed by atoms with van der Waals surface area (Å²) in [5, 5.41) is 5.99. The number of hydrogen-bond acceptors (Lipinski definition) is 3. The van der Waals surface area contributed by atoms with Crippen LogP contribution >= 0.6 is 0 Å². The van der Waals surface area contributed by atoms with Gasteiger partial charge in [0.25, 0.3) is 0 Å². The van der Waals surface area contributed by atoms with Crippen LogP contribution in [0.3, 0.4) is 0 Å². The summed E-state index contributed by atoms with van der Waals surface area (Å²) in [7, 11) is 0. The molecule has 0 aromatic carbocycles. The van der Waals surface area contributed by atoms with Crippen LogP contribution in [0, 0.1) is 0 Å². The summed E-state index contributed by atoms with van der Waals surface area (Å²) in [5.41, 5.74) is -0.512. The maximum absolute atomic E-state index is 12.1. The summed E-state index contributed by atoms with van der Waals surface area (Å²) >= 11 is 0. The highest BCUT2D eigenvalue weighted by Gasteiger charge is 2.34. The average Bonchev–Trinajstić information content (AvgIpc) is 2.38. The lowest BCUT2D eigenvalue weighted by Crippen LogP contribution is -2.58. The minimum Gasteiger partial charge on any atom is -0.345 e. The van der Waals surface area contributed by atoms with Crippen molar-refractivity contribution in [3.8, 4) is 0 Å². The van der Waals surface area contributed by atoms with Gasteiger partial charge in [0.1, 0.15) is 0 Å². The van der Waals surface area contributed by atoms with Gasteiger partial charge < -0.3 is 15.5 Å². The zero-order valence-corrected chi connectivity index (χ0v) is 11.7. The first-order valence-electron chi connectivity index (χ1n) is 6.84. The molecule has 0 aromatic heterocycles. The van der Waals surface area contributed by atoms with E-state index >= 15 is 0 Å². The van der Waals surface area contributed by atoms with Crippen LogP contribution in [0.2, 0.25) is 0 Å². The van der Waals surface area contributed by atoms with E-state index in [1.165, 1.54) is 0 Å². The highest BCUT2D eigenvalue weighted by Crippen LogP contribution is 2.18. The Hall–Kier alpha value is -1.10. The Balaban J connectivity index is 2.42. The first-order chi connectivity index (χ1) is 8.53. The fourth-order valence-corrected chi connectivity index (χ4v) is 2.29. The van der Waals surface area contributed by atoms with E-state index in [4.69, 9.17) is 0 Å². The van der Waals surface area contributed by atoms with Gasteiger partial charge in [-0.25, -0.2) is 0 Å². The molecule has 1 fully saturated rings.